The van der Waals surface area contributed by atoms with Crippen LogP contribution in [0.5, 0.6) is 0 Å². The van der Waals surface area contributed by atoms with Crippen molar-refractivity contribution in [1.82, 2.24) is 14.7 Å². The number of nitrogens with one attached hydrogen (secondary N) is 1. The van der Waals surface area contributed by atoms with Crippen LogP contribution in [0.15, 0.2) is 24.3 Å². The third kappa shape index (κ3) is 3.78. The van der Waals surface area contributed by atoms with Gasteiger partial charge in [-0.25, -0.2) is 9.18 Å². The number of halogens is 1. The van der Waals surface area contributed by atoms with E-state index in [1.807, 2.05) is 0 Å². The number of anilines is 1. The molecule has 1 aliphatic heterocycles. The molecule has 0 spiro atoms. The van der Waals surface area contributed by atoms with Crippen molar-refractivity contribution in [2.45, 2.75) is 13.0 Å². The molecule has 0 aromatic carbocycles. The van der Waals surface area contributed by atoms with Crippen LogP contribution in [0.25, 0.3) is 0 Å². The Morgan fingerprint density at radius 1 is 1.63 bits per heavy atom. The van der Waals surface area contributed by atoms with Crippen LogP contribution in [0.3, 0.4) is 0 Å². The Bertz CT molecular complexity index is 472. The molecule has 104 valence electrons. The lowest BCUT2D eigenvalue weighted by Crippen LogP contribution is -2.38. The zero-order chi connectivity index (χ0) is 13.7. The molecule has 0 saturated carbocycles. The van der Waals surface area contributed by atoms with Gasteiger partial charge in [0.15, 0.2) is 0 Å². The number of ether oxygens (including phenoxy) is 1. The van der Waals surface area contributed by atoms with Crippen LogP contribution < -0.4 is 5.32 Å². The normalized spacial score (nSPS) is 15.3. The van der Waals surface area contributed by atoms with Gasteiger partial charge in [0.2, 0.25) is 0 Å². The molecule has 1 N–H and O–H groups in total. The second-order valence-corrected chi connectivity index (χ2v) is 4.28. The van der Waals surface area contributed by atoms with E-state index in [4.69, 9.17) is 4.74 Å². The molecular formula is C12H17FN4O2. The Morgan fingerprint density at radius 2 is 2.47 bits per heavy atom. The molecule has 2 heterocycles. The minimum Gasteiger partial charge on any atom is -0.383 e. The van der Waals surface area contributed by atoms with Crippen molar-refractivity contribution >= 4 is 11.7 Å². The Kier molecular flexibility index (Phi) is 4.51. The molecule has 19 heavy (non-hydrogen) atoms. The first kappa shape index (κ1) is 13.5. The highest BCUT2D eigenvalue weighted by atomic mass is 19.1. The van der Waals surface area contributed by atoms with E-state index in [1.54, 1.807) is 24.2 Å². The number of rotatable bonds is 4. The van der Waals surface area contributed by atoms with Gasteiger partial charge in [0.1, 0.15) is 5.83 Å². The average molecular weight is 268 g/mol. The number of hydrogen-bond acceptors (Lipinski definition) is 3. The van der Waals surface area contributed by atoms with Crippen LogP contribution in [0, 0.1) is 0 Å². The highest BCUT2D eigenvalue weighted by molar-refractivity contribution is 5.89. The zero-order valence-electron chi connectivity index (χ0n) is 10.8. The summed E-state index contributed by atoms with van der Waals surface area (Å²) in [5.74, 6) is -0.266. The highest BCUT2D eigenvalue weighted by Gasteiger charge is 2.18. The molecule has 1 aromatic heterocycles. The lowest BCUT2D eigenvalue weighted by molar-refractivity contribution is 0.183. The molecule has 0 aliphatic carbocycles. The molecule has 0 atom stereocenters. The van der Waals surface area contributed by atoms with Gasteiger partial charge >= 0.3 is 6.03 Å². The summed E-state index contributed by atoms with van der Waals surface area (Å²) in [6.07, 6.45) is 5.33. The van der Waals surface area contributed by atoms with Gasteiger partial charge in [0.05, 0.1) is 31.6 Å². The first-order valence-corrected chi connectivity index (χ1v) is 6.11. The highest BCUT2D eigenvalue weighted by Crippen LogP contribution is 2.13. The largest absolute Gasteiger partial charge is 0.383 e. The van der Waals surface area contributed by atoms with Crippen molar-refractivity contribution in [1.29, 1.82) is 0 Å². The van der Waals surface area contributed by atoms with Gasteiger partial charge in [0, 0.05) is 19.9 Å². The maximum atomic E-state index is 13.1. The van der Waals surface area contributed by atoms with Crippen molar-refractivity contribution < 1.29 is 13.9 Å². The lowest BCUT2D eigenvalue weighted by atomic mass is 10.2. The lowest BCUT2D eigenvalue weighted by Gasteiger charge is -2.24. The van der Waals surface area contributed by atoms with Gasteiger partial charge in [-0.05, 0) is 12.5 Å². The molecule has 0 radical (unpaired) electrons. The summed E-state index contributed by atoms with van der Waals surface area (Å²) >= 11 is 0. The van der Waals surface area contributed by atoms with E-state index in [1.165, 1.54) is 11.0 Å². The minimum absolute atomic E-state index is 0.0314. The van der Waals surface area contributed by atoms with Crippen molar-refractivity contribution in [3.8, 4) is 0 Å². The molecule has 6 nitrogen and oxygen atoms in total. The first-order chi connectivity index (χ1) is 9.19. The van der Waals surface area contributed by atoms with Crippen LogP contribution in [0.2, 0.25) is 0 Å². The second kappa shape index (κ2) is 6.33. The molecule has 0 bridgehead atoms. The van der Waals surface area contributed by atoms with Gasteiger partial charge < -0.3 is 15.0 Å². The van der Waals surface area contributed by atoms with Crippen molar-refractivity contribution in [2.75, 3.05) is 32.1 Å². The fraction of sp³-hybridized carbons (Fsp3) is 0.500. The van der Waals surface area contributed by atoms with E-state index < -0.39 is 0 Å². The van der Waals surface area contributed by atoms with Crippen LogP contribution in [0.4, 0.5) is 14.9 Å². The Morgan fingerprint density at radius 3 is 3.21 bits per heavy atom. The van der Waals surface area contributed by atoms with E-state index in [0.717, 1.165) is 0 Å². The van der Waals surface area contributed by atoms with Crippen molar-refractivity contribution in [2.24, 2.45) is 0 Å². The molecule has 2 amide bonds. The summed E-state index contributed by atoms with van der Waals surface area (Å²) in [6, 6.07) is -0.311. The van der Waals surface area contributed by atoms with Gasteiger partial charge in [-0.15, -0.1) is 0 Å². The number of hydrogen-bond donors (Lipinski definition) is 1. The van der Waals surface area contributed by atoms with E-state index in [9.17, 15) is 9.18 Å². The average Bonchev–Trinajstić information content (AvgIpc) is 2.84. The number of nitrogens with zero attached hydrogens (tertiary/aromatic N) is 3. The van der Waals surface area contributed by atoms with Gasteiger partial charge in [-0.1, -0.05) is 0 Å². The molecule has 0 unspecified atom stereocenters. The fourth-order valence-corrected chi connectivity index (χ4v) is 1.81. The fourth-order valence-electron chi connectivity index (χ4n) is 1.81. The molecular weight excluding hydrogens is 251 g/mol. The van der Waals surface area contributed by atoms with Crippen LogP contribution in [-0.4, -0.2) is 47.5 Å². The molecule has 0 fully saturated rings. The number of amides is 2. The molecule has 7 heteroatoms. The van der Waals surface area contributed by atoms with Gasteiger partial charge in [-0.2, -0.15) is 5.10 Å². The third-order valence-electron chi connectivity index (χ3n) is 2.80. The molecule has 1 aromatic rings. The predicted molar refractivity (Wildman–Crippen MR) is 68.5 cm³/mol. The van der Waals surface area contributed by atoms with Gasteiger partial charge in [0.25, 0.3) is 0 Å². The monoisotopic (exact) mass is 268 g/mol. The first-order valence-electron chi connectivity index (χ1n) is 6.11. The van der Waals surface area contributed by atoms with Crippen molar-refractivity contribution in [3.05, 3.63) is 24.3 Å². The summed E-state index contributed by atoms with van der Waals surface area (Å²) in [5, 5.41) is 6.78. The predicted octanol–water partition coefficient (Wildman–Crippen LogP) is 1.62. The smallest absolute Gasteiger partial charge is 0.322 e. The second-order valence-electron chi connectivity index (χ2n) is 4.28. The summed E-state index contributed by atoms with van der Waals surface area (Å²) in [6.45, 7) is 1.73. The minimum atomic E-state index is -0.311. The summed E-state index contributed by atoms with van der Waals surface area (Å²) < 4.78 is 19.7. The van der Waals surface area contributed by atoms with E-state index in [0.29, 0.717) is 31.8 Å². The van der Waals surface area contributed by atoms with Crippen LogP contribution in [-0.2, 0) is 11.3 Å². The van der Waals surface area contributed by atoms with E-state index >= 15 is 0 Å². The molecule has 1 aliphatic rings. The van der Waals surface area contributed by atoms with Crippen LogP contribution in [0.1, 0.15) is 6.42 Å². The number of carbonyl (C=O) groups is 1. The summed E-state index contributed by atoms with van der Waals surface area (Å²) in [7, 11) is 1.62. The molecule has 0 saturated heterocycles. The molecule has 2 rings (SSSR count). The number of aromatic nitrogens is 2. The maximum Gasteiger partial charge on any atom is 0.322 e. The standard InChI is InChI=1S/C12H17FN4O2/c1-19-6-5-17-9-11(7-14-17)15-12(18)16-4-2-3-10(13)8-16/h3,7,9H,2,4-6,8H2,1H3,(H,15,18). The summed E-state index contributed by atoms with van der Waals surface area (Å²) in [5.41, 5.74) is 0.594. The Hall–Kier alpha value is -1.89. The number of methoxy groups -OCH3 is 1. The number of urea groups is 1. The topological polar surface area (TPSA) is 59.4 Å². The van der Waals surface area contributed by atoms with Gasteiger partial charge in [-0.3, -0.25) is 4.68 Å². The number of carbonyl (C=O) groups excluding carboxylic acids is 1. The summed E-state index contributed by atoms with van der Waals surface area (Å²) in [4.78, 5) is 13.3. The van der Waals surface area contributed by atoms with Crippen LogP contribution >= 0.6 is 0 Å². The third-order valence-corrected chi connectivity index (χ3v) is 2.80. The Labute approximate surface area is 110 Å². The Balaban J connectivity index is 1.88. The van der Waals surface area contributed by atoms with E-state index in [-0.39, 0.29) is 18.4 Å². The van der Waals surface area contributed by atoms with E-state index in [2.05, 4.69) is 10.4 Å². The SMILES string of the molecule is COCCn1cc(NC(=O)N2CCC=C(F)C2)cn1. The van der Waals surface area contributed by atoms with Crippen molar-refractivity contribution in [3.63, 3.8) is 0 Å². The zero-order valence-corrected chi connectivity index (χ0v) is 10.8. The maximum absolute atomic E-state index is 13.1. The quantitative estimate of drug-likeness (QED) is 0.902.